The lowest BCUT2D eigenvalue weighted by atomic mass is 9.78. The Morgan fingerprint density at radius 3 is 1.53 bits per heavy atom. The average Bonchev–Trinajstić information content (AvgIpc) is 2.74. The smallest absolute Gasteiger partial charge is 0.0845 e. The van der Waals surface area contributed by atoms with Crippen LogP contribution < -0.4 is 0 Å². The molecule has 0 amide bonds. The Morgan fingerprint density at radius 2 is 1.13 bits per heavy atom. The van der Waals surface area contributed by atoms with Crippen LogP contribution in [0.2, 0.25) is 0 Å². The molecule has 0 aliphatic heterocycles. The molecule has 1 heterocycles. The summed E-state index contributed by atoms with van der Waals surface area (Å²) in [5.41, 5.74) is 4.19. The molecule has 1 aromatic rings. The molecular weight excluding hydrogens is 366 g/mol. The van der Waals surface area contributed by atoms with Gasteiger partial charge in [-0.25, -0.2) is 4.98 Å². The summed E-state index contributed by atoms with van der Waals surface area (Å²) in [4.78, 5) is 15.3. The zero-order valence-corrected chi connectivity index (χ0v) is 20.2. The van der Waals surface area contributed by atoms with E-state index >= 15 is 0 Å². The Labute approximate surface area is 184 Å². The fourth-order valence-corrected chi connectivity index (χ4v) is 5.62. The first kappa shape index (κ1) is 23.2. The van der Waals surface area contributed by atoms with Crippen LogP contribution in [0.3, 0.4) is 0 Å². The van der Waals surface area contributed by atoms with E-state index in [-0.39, 0.29) is 0 Å². The van der Waals surface area contributed by atoms with E-state index in [1.807, 2.05) is 0 Å². The molecule has 0 aromatic carbocycles. The number of nitrogens with zero attached hydrogens (tertiary/aromatic N) is 3. The standard InChI is InChI=1S/C27H43N3/c1-18(2)22-12-7-9-14-26(22)28-20(5)24-16-11-17-25(30-24)21(6)29-27-15-10-8-13-23(27)19(3)4/h11,16-19,22-23,26-27H,7-10,12-15H2,1-6H3/b28-20+,29-21+/t22-,23+,26-,27+. The summed E-state index contributed by atoms with van der Waals surface area (Å²) in [7, 11) is 0. The fraction of sp³-hybridized carbons (Fsp3) is 0.741. The Bertz CT molecular complexity index is 687. The molecule has 1 aromatic heterocycles. The molecule has 4 atom stereocenters. The molecule has 0 unspecified atom stereocenters. The van der Waals surface area contributed by atoms with E-state index in [1.165, 1.54) is 51.4 Å². The second-order valence-corrected chi connectivity index (χ2v) is 10.4. The van der Waals surface area contributed by atoms with Gasteiger partial charge in [0.2, 0.25) is 0 Å². The van der Waals surface area contributed by atoms with Gasteiger partial charge in [-0.3, -0.25) is 9.98 Å². The Balaban J connectivity index is 1.79. The molecule has 0 radical (unpaired) electrons. The Kier molecular flexibility index (Phi) is 8.25. The molecule has 0 saturated heterocycles. The van der Waals surface area contributed by atoms with Crippen LogP contribution in [0.4, 0.5) is 0 Å². The largest absolute Gasteiger partial charge is 0.284 e. The third kappa shape index (κ3) is 5.80. The summed E-state index contributed by atoms with van der Waals surface area (Å²) >= 11 is 0. The van der Waals surface area contributed by atoms with Crippen LogP contribution in [0.1, 0.15) is 104 Å². The molecule has 30 heavy (non-hydrogen) atoms. The van der Waals surface area contributed by atoms with E-state index in [4.69, 9.17) is 15.0 Å². The second kappa shape index (κ2) is 10.7. The highest BCUT2D eigenvalue weighted by atomic mass is 14.9. The first-order valence-electron chi connectivity index (χ1n) is 12.4. The van der Waals surface area contributed by atoms with Crippen molar-refractivity contribution in [3.63, 3.8) is 0 Å². The molecule has 166 valence electrons. The van der Waals surface area contributed by atoms with E-state index in [0.29, 0.717) is 35.8 Å². The van der Waals surface area contributed by atoms with Gasteiger partial charge in [-0.2, -0.15) is 0 Å². The lowest BCUT2D eigenvalue weighted by molar-refractivity contribution is 0.241. The summed E-state index contributed by atoms with van der Waals surface area (Å²) in [6.45, 7) is 13.7. The van der Waals surface area contributed by atoms with Crippen molar-refractivity contribution in [3.8, 4) is 0 Å². The van der Waals surface area contributed by atoms with E-state index in [0.717, 1.165) is 22.8 Å². The first-order valence-corrected chi connectivity index (χ1v) is 12.4. The number of rotatable bonds is 6. The van der Waals surface area contributed by atoms with E-state index in [1.54, 1.807) is 0 Å². The van der Waals surface area contributed by atoms with Gasteiger partial charge in [0.15, 0.2) is 0 Å². The maximum Gasteiger partial charge on any atom is 0.0845 e. The minimum atomic E-state index is 0.452. The summed E-state index contributed by atoms with van der Waals surface area (Å²) in [5, 5.41) is 0. The maximum absolute atomic E-state index is 5.17. The van der Waals surface area contributed by atoms with Gasteiger partial charge in [0.1, 0.15) is 0 Å². The zero-order chi connectivity index (χ0) is 21.7. The molecular formula is C27H43N3. The van der Waals surface area contributed by atoms with Crippen LogP contribution >= 0.6 is 0 Å². The van der Waals surface area contributed by atoms with Crippen LogP contribution in [-0.4, -0.2) is 28.5 Å². The van der Waals surface area contributed by atoms with Gasteiger partial charge in [0.05, 0.1) is 34.9 Å². The molecule has 0 bridgehead atoms. The molecule has 3 rings (SSSR count). The SMILES string of the molecule is C/C(=N\[C@H]1CCCC[C@H]1C(C)C)c1cccc(/C(C)=N/[C@@H]2CCCC[C@@H]2C(C)C)n1. The maximum atomic E-state index is 5.17. The van der Waals surface area contributed by atoms with Crippen molar-refractivity contribution in [2.45, 2.75) is 105 Å². The molecule has 0 N–H and O–H groups in total. The van der Waals surface area contributed by atoms with Gasteiger partial charge in [-0.1, -0.05) is 59.4 Å². The molecule has 2 aliphatic carbocycles. The van der Waals surface area contributed by atoms with Crippen molar-refractivity contribution in [2.24, 2.45) is 33.7 Å². The van der Waals surface area contributed by atoms with Crippen LogP contribution in [0.25, 0.3) is 0 Å². The third-order valence-corrected chi connectivity index (χ3v) is 7.49. The quantitative estimate of drug-likeness (QED) is 0.460. The highest BCUT2D eigenvalue weighted by Gasteiger charge is 2.28. The topological polar surface area (TPSA) is 37.6 Å². The fourth-order valence-electron chi connectivity index (χ4n) is 5.62. The minimum Gasteiger partial charge on any atom is -0.284 e. The van der Waals surface area contributed by atoms with E-state index in [2.05, 4.69) is 59.7 Å². The third-order valence-electron chi connectivity index (χ3n) is 7.49. The molecule has 3 nitrogen and oxygen atoms in total. The highest BCUT2D eigenvalue weighted by Crippen LogP contribution is 2.33. The lowest BCUT2D eigenvalue weighted by Gasteiger charge is -2.32. The van der Waals surface area contributed by atoms with Crippen molar-refractivity contribution in [3.05, 3.63) is 29.6 Å². The monoisotopic (exact) mass is 409 g/mol. The lowest BCUT2D eigenvalue weighted by Crippen LogP contribution is -2.28. The predicted molar refractivity (Wildman–Crippen MR) is 130 cm³/mol. The van der Waals surface area contributed by atoms with E-state index < -0.39 is 0 Å². The predicted octanol–water partition coefficient (Wildman–Crippen LogP) is 7.13. The van der Waals surface area contributed by atoms with Crippen molar-refractivity contribution in [1.82, 2.24) is 4.98 Å². The number of hydrogen-bond donors (Lipinski definition) is 0. The van der Waals surface area contributed by atoms with Crippen molar-refractivity contribution < 1.29 is 0 Å². The van der Waals surface area contributed by atoms with E-state index in [9.17, 15) is 0 Å². The molecule has 2 aliphatic rings. The molecule has 2 saturated carbocycles. The molecule has 2 fully saturated rings. The minimum absolute atomic E-state index is 0.452. The Morgan fingerprint density at radius 1 is 0.733 bits per heavy atom. The number of aliphatic imine (C=N–C) groups is 2. The van der Waals surface area contributed by atoms with Gasteiger partial charge in [0, 0.05) is 0 Å². The summed E-state index contributed by atoms with van der Waals surface area (Å²) in [6, 6.07) is 7.25. The first-order chi connectivity index (χ1) is 14.4. The number of hydrogen-bond acceptors (Lipinski definition) is 3. The summed E-state index contributed by atoms with van der Waals surface area (Å²) in [6.07, 6.45) is 10.4. The van der Waals surface area contributed by atoms with Crippen LogP contribution in [0.15, 0.2) is 28.2 Å². The average molecular weight is 410 g/mol. The summed E-state index contributed by atoms with van der Waals surface area (Å²) < 4.78 is 0. The van der Waals surface area contributed by atoms with Gasteiger partial charge in [-0.05, 0) is 75.3 Å². The van der Waals surface area contributed by atoms with Crippen molar-refractivity contribution in [1.29, 1.82) is 0 Å². The van der Waals surface area contributed by atoms with Crippen LogP contribution in [0, 0.1) is 23.7 Å². The number of aromatic nitrogens is 1. The van der Waals surface area contributed by atoms with Crippen molar-refractivity contribution >= 4 is 11.4 Å². The van der Waals surface area contributed by atoms with Gasteiger partial charge >= 0.3 is 0 Å². The van der Waals surface area contributed by atoms with Crippen LogP contribution in [-0.2, 0) is 0 Å². The second-order valence-electron chi connectivity index (χ2n) is 10.4. The number of pyridine rings is 1. The van der Waals surface area contributed by atoms with Gasteiger partial charge in [0.25, 0.3) is 0 Å². The normalized spacial score (nSPS) is 28.9. The Hall–Kier alpha value is -1.51. The van der Waals surface area contributed by atoms with Crippen LogP contribution in [0.5, 0.6) is 0 Å². The highest BCUT2D eigenvalue weighted by molar-refractivity contribution is 6.00. The summed E-state index contributed by atoms with van der Waals surface area (Å²) in [5.74, 6) is 2.81. The molecule has 3 heteroatoms. The van der Waals surface area contributed by atoms with Gasteiger partial charge in [-0.15, -0.1) is 0 Å². The van der Waals surface area contributed by atoms with Crippen molar-refractivity contribution in [2.75, 3.05) is 0 Å². The van der Waals surface area contributed by atoms with Gasteiger partial charge < -0.3 is 0 Å². The molecule has 0 spiro atoms. The zero-order valence-electron chi connectivity index (χ0n) is 20.2.